The first kappa shape index (κ1) is 13.8. The molecule has 21 heavy (non-hydrogen) atoms. The highest BCUT2D eigenvalue weighted by molar-refractivity contribution is 5.91. The maximum atomic E-state index is 12.6. The second kappa shape index (κ2) is 5.69. The molecular weight excluding hydrogens is 272 g/mol. The topological polar surface area (TPSA) is 73.4 Å². The fourth-order valence-electron chi connectivity index (χ4n) is 2.67. The minimum atomic E-state index is -0.147. The summed E-state index contributed by atoms with van der Waals surface area (Å²) in [5.74, 6) is 0.349. The lowest BCUT2D eigenvalue weighted by Crippen LogP contribution is -2.35. The smallest absolute Gasteiger partial charge is 0.292 e. The van der Waals surface area contributed by atoms with Crippen LogP contribution in [0.15, 0.2) is 23.1 Å². The maximum Gasteiger partial charge on any atom is 0.292 e. The number of aromatic nitrogens is 3. The summed E-state index contributed by atoms with van der Waals surface area (Å²) in [5, 5.41) is 3.78. The van der Waals surface area contributed by atoms with Crippen molar-refractivity contribution >= 4 is 5.91 Å². The van der Waals surface area contributed by atoms with Gasteiger partial charge in [0.1, 0.15) is 0 Å². The van der Waals surface area contributed by atoms with Gasteiger partial charge in [-0.1, -0.05) is 5.16 Å². The molecule has 0 aliphatic carbocycles. The molecule has 0 spiro atoms. The molecule has 2 aromatic rings. The van der Waals surface area contributed by atoms with Gasteiger partial charge in [-0.2, -0.15) is 0 Å². The van der Waals surface area contributed by atoms with Gasteiger partial charge in [-0.15, -0.1) is 0 Å². The van der Waals surface area contributed by atoms with Crippen molar-refractivity contribution in [3.05, 3.63) is 35.7 Å². The maximum absolute atomic E-state index is 12.6. The number of hydrogen-bond acceptors (Lipinski definition) is 5. The molecule has 1 aliphatic rings. The van der Waals surface area contributed by atoms with E-state index in [9.17, 15) is 4.79 Å². The first-order valence-corrected chi connectivity index (χ1v) is 6.88. The number of aryl methyl sites for hydroxylation is 1. The lowest BCUT2D eigenvalue weighted by Gasteiger charge is -2.22. The van der Waals surface area contributed by atoms with Crippen molar-refractivity contribution in [1.29, 1.82) is 0 Å². The molecule has 0 fully saturated rings. The molecule has 2 aromatic heterocycles. The van der Waals surface area contributed by atoms with Crippen molar-refractivity contribution in [2.45, 2.75) is 20.0 Å². The number of imidazole rings is 1. The molecule has 0 radical (unpaired) electrons. The Labute approximate surface area is 122 Å². The number of fused-ring (bicyclic) bond motifs is 1. The van der Waals surface area contributed by atoms with Crippen LogP contribution in [0.4, 0.5) is 0 Å². The summed E-state index contributed by atoms with van der Waals surface area (Å²) in [6.07, 6.45) is 3.59. The second-order valence-corrected chi connectivity index (χ2v) is 5.38. The molecule has 7 nitrogen and oxygen atoms in total. The van der Waals surface area contributed by atoms with Crippen LogP contribution in [-0.2, 0) is 17.8 Å². The Morgan fingerprint density at radius 1 is 1.52 bits per heavy atom. The molecule has 1 amide bonds. The molecule has 0 saturated heterocycles. The number of ether oxygens (including phenoxy) is 1. The van der Waals surface area contributed by atoms with Crippen LogP contribution in [0.3, 0.4) is 0 Å². The Kier molecular flexibility index (Phi) is 3.74. The van der Waals surface area contributed by atoms with Crippen molar-refractivity contribution in [2.24, 2.45) is 5.92 Å². The Bertz CT molecular complexity index is 634. The fourth-order valence-corrected chi connectivity index (χ4v) is 2.67. The van der Waals surface area contributed by atoms with Gasteiger partial charge in [0.2, 0.25) is 5.76 Å². The van der Waals surface area contributed by atoms with Gasteiger partial charge in [0, 0.05) is 38.4 Å². The highest BCUT2D eigenvalue weighted by Gasteiger charge is 2.27. The van der Waals surface area contributed by atoms with E-state index in [0.29, 0.717) is 25.4 Å². The van der Waals surface area contributed by atoms with Gasteiger partial charge in [-0.25, -0.2) is 4.98 Å². The number of rotatable bonds is 3. The summed E-state index contributed by atoms with van der Waals surface area (Å²) < 4.78 is 12.4. The zero-order valence-electron chi connectivity index (χ0n) is 12.2. The van der Waals surface area contributed by atoms with Gasteiger partial charge in [-0.05, 0) is 6.92 Å². The molecule has 1 aliphatic heterocycles. The van der Waals surface area contributed by atoms with E-state index in [-0.39, 0.29) is 17.6 Å². The van der Waals surface area contributed by atoms with Crippen molar-refractivity contribution in [1.82, 2.24) is 19.6 Å². The van der Waals surface area contributed by atoms with Gasteiger partial charge in [0.15, 0.2) is 0 Å². The van der Waals surface area contributed by atoms with Crippen LogP contribution in [0.2, 0.25) is 0 Å². The molecule has 7 heteroatoms. The number of carbonyl (C=O) groups excluding carboxylic acids is 1. The minimum absolute atomic E-state index is 0.147. The van der Waals surface area contributed by atoms with E-state index in [1.54, 1.807) is 37.5 Å². The Balaban J connectivity index is 1.85. The van der Waals surface area contributed by atoms with Gasteiger partial charge in [0.25, 0.3) is 5.91 Å². The van der Waals surface area contributed by atoms with Crippen molar-refractivity contribution in [3.8, 4) is 0 Å². The lowest BCUT2D eigenvalue weighted by atomic mass is 10.1. The number of carbonyl (C=O) groups is 1. The van der Waals surface area contributed by atoms with E-state index in [2.05, 4.69) is 14.7 Å². The summed E-state index contributed by atoms with van der Waals surface area (Å²) >= 11 is 0. The van der Waals surface area contributed by atoms with Crippen LogP contribution in [0.5, 0.6) is 0 Å². The van der Waals surface area contributed by atoms with E-state index in [0.717, 1.165) is 12.2 Å². The van der Waals surface area contributed by atoms with E-state index >= 15 is 0 Å². The molecule has 3 heterocycles. The third-order valence-electron chi connectivity index (χ3n) is 3.61. The molecular formula is C14H18N4O3. The van der Waals surface area contributed by atoms with Crippen LogP contribution in [-0.4, -0.2) is 45.8 Å². The van der Waals surface area contributed by atoms with Crippen molar-refractivity contribution in [2.75, 3.05) is 20.3 Å². The van der Waals surface area contributed by atoms with Gasteiger partial charge >= 0.3 is 0 Å². The average Bonchev–Trinajstić information content (AvgIpc) is 3.04. The SMILES string of the molecule is COCC1CN(C(=O)c2cc(C)no2)Cc2cncn2C1. The number of nitrogens with zero attached hydrogens (tertiary/aromatic N) is 4. The number of hydrogen-bond donors (Lipinski definition) is 0. The van der Waals surface area contributed by atoms with Gasteiger partial charge in [0.05, 0.1) is 30.9 Å². The molecule has 112 valence electrons. The monoisotopic (exact) mass is 290 g/mol. The highest BCUT2D eigenvalue weighted by Crippen LogP contribution is 2.19. The quantitative estimate of drug-likeness (QED) is 0.846. The molecule has 0 bridgehead atoms. The van der Waals surface area contributed by atoms with Crippen LogP contribution in [0, 0.1) is 12.8 Å². The summed E-state index contributed by atoms with van der Waals surface area (Å²) in [6.45, 7) is 4.32. The van der Waals surface area contributed by atoms with Crippen LogP contribution in [0.1, 0.15) is 21.9 Å². The molecule has 0 aromatic carbocycles. The molecule has 3 rings (SSSR count). The normalized spacial score (nSPS) is 18.4. The standard InChI is InChI=1S/C14H18N4O3/c1-10-3-13(21-16-10)14(19)17-5-11(8-20-2)6-18-9-15-4-12(18)7-17/h3-4,9,11H,5-8H2,1-2H3. The second-order valence-electron chi connectivity index (χ2n) is 5.38. The molecule has 0 saturated carbocycles. The van der Waals surface area contributed by atoms with E-state index in [1.807, 2.05) is 0 Å². The number of methoxy groups -OCH3 is 1. The van der Waals surface area contributed by atoms with E-state index in [1.165, 1.54) is 0 Å². The fraction of sp³-hybridized carbons (Fsp3) is 0.500. The highest BCUT2D eigenvalue weighted by atomic mass is 16.5. The summed E-state index contributed by atoms with van der Waals surface area (Å²) in [6, 6.07) is 1.66. The van der Waals surface area contributed by atoms with E-state index in [4.69, 9.17) is 9.26 Å². The van der Waals surface area contributed by atoms with Crippen molar-refractivity contribution in [3.63, 3.8) is 0 Å². The molecule has 1 atom stereocenters. The number of amides is 1. The first-order chi connectivity index (χ1) is 10.2. The third-order valence-corrected chi connectivity index (χ3v) is 3.61. The zero-order valence-corrected chi connectivity index (χ0v) is 12.2. The summed E-state index contributed by atoms with van der Waals surface area (Å²) in [5.41, 5.74) is 1.71. The predicted octanol–water partition coefficient (Wildman–Crippen LogP) is 1.10. The van der Waals surface area contributed by atoms with Crippen LogP contribution in [0.25, 0.3) is 0 Å². The molecule has 1 unspecified atom stereocenters. The zero-order chi connectivity index (χ0) is 14.8. The van der Waals surface area contributed by atoms with Crippen LogP contribution >= 0.6 is 0 Å². The van der Waals surface area contributed by atoms with Crippen LogP contribution < -0.4 is 0 Å². The predicted molar refractivity (Wildman–Crippen MR) is 73.6 cm³/mol. The average molecular weight is 290 g/mol. The van der Waals surface area contributed by atoms with Gasteiger partial charge in [-0.3, -0.25) is 4.79 Å². The first-order valence-electron chi connectivity index (χ1n) is 6.88. The molecule has 0 N–H and O–H groups in total. The lowest BCUT2D eigenvalue weighted by molar-refractivity contribution is 0.0628. The summed E-state index contributed by atoms with van der Waals surface area (Å²) in [4.78, 5) is 18.5. The Hall–Kier alpha value is -2.15. The Morgan fingerprint density at radius 3 is 3.10 bits per heavy atom. The third kappa shape index (κ3) is 2.82. The van der Waals surface area contributed by atoms with Gasteiger partial charge < -0.3 is 18.7 Å². The minimum Gasteiger partial charge on any atom is -0.384 e. The Morgan fingerprint density at radius 2 is 2.38 bits per heavy atom. The van der Waals surface area contributed by atoms with E-state index < -0.39 is 0 Å². The van der Waals surface area contributed by atoms with Crippen molar-refractivity contribution < 1.29 is 14.1 Å². The summed E-state index contributed by atoms with van der Waals surface area (Å²) in [7, 11) is 1.67. The largest absolute Gasteiger partial charge is 0.384 e.